The first-order valence-corrected chi connectivity index (χ1v) is 14.9. The second-order valence-corrected chi connectivity index (χ2v) is 12.7. The van der Waals surface area contributed by atoms with Crippen LogP contribution in [-0.2, 0) is 12.8 Å². The second kappa shape index (κ2) is 13.1. The van der Waals surface area contributed by atoms with Crippen LogP contribution in [0.5, 0.6) is 0 Å². The van der Waals surface area contributed by atoms with Crippen molar-refractivity contribution in [1.82, 2.24) is 4.90 Å². The van der Waals surface area contributed by atoms with Crippen LogP contribution in [0.15, 0.2) is 42.5 Å². The molecule has 1 aromatic rings. The van der Waals surface area contributed by atoms with Gasteiger partial charge in [0.05, 0.1) is 0 Å². The Balaban J connectivity index is 1.71. The number of benzene rings is 1. The average Bonchev–Trinajstić information content (AvgIpc) is 2.86. The highest BCUT2D eigenvalue weighted by Gasteiger charge is 2.44. The van der Waals surface area contributed by atoms with Crippen molar-refractivity contribution in [3.8, 4) is 0 Å². The number of aryl methyl sites for hydroxylation is 1. The zero-order valence-electron chi connectivity index (χ0n) is 24.2. The van der Waals surface area contributed by atoms with Crippen LogP contribution in [0.1, 0.15) is 114 Å². The van der Waals surface area contributed by atoms with Gasteiger partial charge in [-0.25, -0.2) is 0 Å². The Morgan fingerprint density at radius 1 is 1.11 bits per heavy atom. The van der Waals surface area contributed by atoms with Crippen LogP contribution in [0.4, 0.5) is 0 Å². The van der Waals surface area contributed by atoms with Gasteiger partial charge >= 0.3 is 0 Å². The summed E-state index contributed by atoms with van der Waals surface area (Å²) >= 11 is 0. The molecule has 0 bridgehead atoms. The topological polar surface area (TPSA) is 20.3 Å². The Bertz CT molecular complexity index is 900. The number of rotatable bonds is 10. The molecule has 2 atom stereocenters. The van der Waals surface area contributed by atoms with Crippen LogP contribution in [0.3, 0.4) is 0 Å². The predicted molar refractivity (Wildman–Crippen MR) is 155 cm³/mol. The van der Waals surface area contributed by atoms with E-state index in [1.165, 1.54) is 43.2 Å². The van der Waals surface area contributed by atoms with Gasteiger partial charge in [-0.3, -0.25) is 4.79 Å². The first kappa shape index (κ1) is 28.7. The molecule has 2 fully saturated rings. The fourth-order valence-electron chi connectivity index (χ4n) is 7.00. The molecule has 0 aromatic heterocycles. The van der Waals surface area contributed by atoms with E-state index in [0.717, 1.165) is 62.6 Å². The average molecular weight is 492 g/mol. The molecule has 2 aliphatic rings. The fourth-order valence-corrected chi connectivity index (χ4v) is 7.00. The molecule has 1 saturated carbocycles. The van der Waals surface area contributed by atoms with Crippen LogP contribution in [-0.4, -0.2) is 23.9 Å². The predicted octanol–water partition coefficient (Wildman–Crippen LogP) is 9.04. The smallest absolute Gasteiger partial charge is 0.253 e. The molecule has 1 aliphatic carbocycles. The van der Waals surface area contributed by atoms with E-state index >= 15 is 0 Å². The third-order valence-electron chi connectivity index (χ3n) is 9.06. The SMILES string of the molecule is C=CCCC1/C(=C\C)CC2(CCN(C(=O)c3ccc(CC(C)C)c(CC)c3)CC2)CC1CCC(C)C. The molecule has 1 amide bonds. The molecule has 1 saturated heterocycles. The molecule has 1 aromatic carbocycles. The Hall–Kier alpha value is -1.83. The molecule has 0 radical (unpaired) electrons. The van der Waals surface area contributed by atoms with E-state index in [1.54, 1.807) is 5.57 Å². The van der Waals surface area contributed by atoms with Crippen LogP contribution in [0.25, 0.3) is 0 Å². The normalized spacial score (nSPS) is 23.1. The molecule has 36 heavy (non-hydrogen) atoms. The summed E-state index contributed by atoms with van der Waals surface area (Å²) < 4.78 is 0. The van der Waals surface area contributed by atoms with Gasteiger partial charge in [0.15, 0.2) is 0 Å². The van der Waals surface area contributed by atoms with Crippen molar-refractivity contribution >= 4 is 5.91 Å². The van der Waals surface area contributed by atoms with E-state index in [0.29, 0.717) is 17.3 Å². The summed E-state index contributed by atoms with van der Waals surface area (Å²) in [4.78, 5) is 15.7. The molecule has 200 valence electrons. The van der Waals surface area contributed by atoms with Crippen molar-refractivity contribution in [2.24, 2.45) is 29.1 Å². The Kier molecular flexibility index (Phi) is 10.5. The van der Waals surface area contributed by atoms with Crippen LogP contribution in [0.2, 0.25) is 0 Å². The van der Waals surface area contributed by atoms with Gasteiger partial charge in [-0.15, -0.1) is 6.58 Å². The van der Waals surface area contributed by atoms with Crippen LogP contribution >= 0.6 is 0 Å². The van der Waals surface area contributed by atoms with Gasteiger partial charge in [0.1, 0.15) is 0 Å². The van der Waals surface area contributed by atoms with Crippen molar-refractivity contribution in [1.29, 1.82) is 0 Å². The van der Waals surface area contributed by atoms with E-state index in [1.807, 2.05) is 0 Å². The van der Waals surface area contributed by atoms with Crippen molar-refractivity contribution in [3.63, 3.8) is 0 Å². The minimum absolute atomic E-state index is 0.234. The maximum atomic E-state index is 13.5. The van der Waals surface area contributed by atoms with E-state index in [9.17, 15) is 4.79 Å². The van der Waals surface area contributed by atoms with Gasteiger partial charge < -0.3 is 4.90 Å². The summed E-state index contributed by atoms with van der Waals surface area (Å²) in [6.45, 7) is 19.5. The first-order valence-electron chi connectivity index (χ1n) is 14.9. The molecule has 2 heteroatoms. The third kappa shape index (κ3) is 7.14. The molecule has 1 spiro atoms. The van der Waals surface area contributed by atoms with E-state index < -0.39 is 0 Å². The lowest BCUT2D eigenvalue weighted by molar-refractivity contribution is 0.0344. The maximum absolute atomic E-state index is 13.5. The summed E-state index contributed by atoms with van der Waals surface area (Å²) in [5, 5.41) is 0. The number of amides is 1. The van der Waals surface area contributed by atoms with E-state index in [2.05, 4.69) is 83.4 Å². The fraction of sp³-hybridized carbons (Fsp3) is 0.676. The largest absolute Gasteiger partial charge is 0.339 e. The Labute approximate surface area is 222 Å². The van der Waals surface area contributed by atoms with Crippen LogP contribution < -0.4 is 0 Å². The number of nitrogens with zero attached hydrogens (tertiary/aromatic N) is 1. The van der Waals surface area contributed by atoms with Gasteiger partial charge in [-0.05, 0) is 117 Å². The summed E-state index contributed by atoms with van der Waals surface area (Å²) in [5.41, 5.74) is 5.69. The number of allylic oxidation sites excluding steroid dienone is 3. The number of carbonyl (C=O) groups is 1. The lowest BCUT2D eigenvalue weighted by Crippen LogP contribution is -2.46. The summed E-state index contributed by atoms with van der Waals surface area (Å²) in [6, 6.07) is 6.46. The molecule has 2 unspecified atom stereocenters. The minimum atomic E-state index is 0.234. The molecule has 3 rings (SSSR count). The zero-order chi connectivity index (χ0) is 26.3. The molecule has 0 N–H and O–H groups in total. The van der Waals surface area contributed by atoms with Gasteiger partial charge in [0, 0.05) is 18.7 Å². The number of likely N-dealkylation sites (tertiary alicyclic amines) is 1. The standard InChI is InChI=1S/C34H53NO/c1-8-11-12-32-28(10-3)23-34(24-31(32)14-13-25(4)5)17-19-35(20-18-34)33(36)30-16-15-29(21-26(6)7)27(9-2)22-30/h8,10,15-16,22,25-26,31-32H,1,9,11-14,17-21,23-24H2,2-7H3/b28-10-. The van der Waals surface area contributed by atoms with Gasteiger partial charge in [-0.1, -0.05) is 64.8 Å². The molecule has 1 heterocycles. The number of piperidine rings is 1. The quantitative estimate of drug-likeness (QED) is 0.299. The van der Waals surface area contributed by atoms with E-state index in [4.69, 9.17) is 0 Å². The maximum Gasteiger partial charge on any atom is 0.253 e. The van der Waals surface area contributed by atoms with Crippen molar-refractivity contribution in [2.45, 2.75) is 106 Å². The van der Waals surface area contributed by atoms with Crippen molar-refractivity contribution < 1.29 is 4.79 Å². The molecular weight excluding hydrogens is 438 g/mol. The third-order valence-corrected chi connectivity index (χ3v) is 9.06. The monoisotopic (exact) mass is 491 g/mol. The molecular formula is C34H53NO. The highest BCUT2D eigenvalue weighted by molar-refractivity contribution is 5.94. The lowest BCUT2D eigenvalue weighted by atomic mass is 9.57. The summed E-state index contributed by atoms with van der Waals surface area (Å²) in [7, 11) is 0. The highest BCUT2D eigenvalue weighted by atomic mass is 16.2. The molecule has 2 nitrogen and oxygen atoms in total. The summed E-state index contributed by atoms with van der Waals surface area (Å²) in [5.74, 6) is 3.12. The van der Waals surface area contributed by atoms with Gasteiger partial charge in [-0.2, -0.15) is 0 Å². The van der Waals surface area contributed by atoms with Gasteiger partial charge in [0.2, 0.25) is 0 Å². The highest BCUT2D eigenvalue weighted by Crippen LogP contribution is 2.53. The summed E-state index contributed by atoms with van der Waals surface area (Å²) in [6.07, 6.45) is 16.5. The van der Waals surface area contributed by atoms with Crippen molar-refractivity contribution in [3.05, 3.63) is 59.2 Å². The minimum Gasteiger partial charge on any atom is -0.339 e. The molecule has 1 aliphatic heterocycles. The Morgan fingerprint density at radius 3 is 2.42 bits per heavy atom. The van der Waals surface area contributed by atoms with Gasteiger partial charge in [0.25, 0.3) is 5.91 Å². The number of carbonyl (C=O) groups excluding carboxylic acids is 1. The number of hydrogen-bond acceptors (Lipinski definition) is 1. The zero-order valence-corrected chi connectivity index (χ0v) is 24.2. The first-order chi connectivity index (χ1) is 17.2. The Morgan fingerprint density at radius 2 is 1.83 bits per heavy atom. The lowest BCUT2D eigenvalue weighted by Gasteiger charge is -2.50. The van der Waals surface area contributed by atoms with Crippen LogP contribution in [0, 0.1) is 29.1 Å². The second-order valence-electron chi connectivity index (χ2n) is 12.7. The van der Waals surface area contributed by atoms with Crippen molar-refractivity contribution in [2.75, 3.05) is 13.1 Å². The number of hydrogen-bond donors (Lipinski definition) is 0. The van der Waals surface area contributed by atoms with E-state index in [-0.39, 0.29) is 5.91 Å².